The van der Waals surface area contributed by atoms with Gasteiger partial charge in [0.05, 0.1) is 11.9 Å². The molecule has 0 heterocycles. The Kier molecular flexibility index (Phi) is 11.2. The van der Waals surface area contributed by atoms with E-state index in [1.165, 1.54) is 4.31 Å². The van der Waals surface area contributed by atoms with Crippen LogP contribution in [-0.4, -0.2) is 50.5 Å². The summed E-state index contributed by atoms with van der Waals surface area (Å²) in [5.41, 5.74) is 3.29. The molecule has 2 amide bonds. The molecular formula is C27H38ClN3O4S. The Morgan fingerprint density at radius 1 is 1.08 bits per heavy atom. The van der Waals surface area contributed by atoms with Gasteiger partial charge in [-0.3, -0.25) is 13.9 Å². The summed E-state index contributed by atoms with van der Waals surface area (Å²) in [5, 5.41) is 3.35. The fourth-order valence-corrected chi connectivity index (χ4v) is 5.31. The number of aryl methyl sites for hydroxylation is 2. The molecule has 2 rings (SSSR count). The second kappa shape index (κ2) is 13.7. The quantitative estimate of drug-likeness (QED) is 0.398. The lowest BCUT2D eigenvalue weighted by atomic mass is 10.1. The smallest absolute Gasteiger partial charge is 0.242 e. The average Bonchev–Trinajstić information content (AvgIpc) is 2.81. The van der Waals surface area contributed by atoms with Crippen LogP contribution < -0.4 is 9.62 Å². The van der Waals surface area contributed by atoms with Gasteiger partial charge in [0.2, 0.25) is 21.8 Å². The third-order valence-electron chi connectivity index (χ3n) is 5.96. The molecule has 36 heavy (non-hydrogen) atoms. The first kappa shape index (κ1) is 29.6. The van der Waals surface area contributed by atoms with Crippen molar-refractivity contribution in [2.45, 2.75) is 66.0 Å². The number of rotatable bonds is 13. The number of hydrogen-bond acceptors (Lipinski definition) is 4. The topological polar surface area (TPSA) is 86.8 Å². The predicted octanol–water partition coefficient (Wildman–Crippen LogP) is 4.84. The zero-order chi connectivity index (χ0) is 26.9. The van der Waals surface area contributed by atoms with Gasteiger partial charge in [-0.2, -0.15) is 0 Å². The standard InChI is InChI=1S/C27H38ClN3O4S/c1-6-15-29-27(33)24(7-2)30(19-22-11-8-10-20(3)17-22)26(32)12-9-16-31(36(5,34)35)25-18-23(28)14-13-21(25)4/h8,10-11,13-14,17-18,24H,6-7,9,12,15-16,19H2,1-5H3,(H,29,33). The Labute approximate surface area is 220 Å². The van der Waals surface area contributed by atoms with Crippen molar-refractivity contribution in [3.8, 4) is 0 Å². The Morgan fingerprint density at radius 2 is 1.81 bits per heavy atom. The van der Waals surface area contributed by atoms with E-state index in [1.807, 2.05) is 52.0 Å². The number of benzene rings is 2. The first-order chi connectivity index (χ1) is 17.0. The molecule has 2 aromatic rings. The van der Waals surface area contributed by atoms with Gasteiger partial charge in [0.25, 0.3) is 0 Å². The summed E-state index contributed by atoms with van der Waals surface area (Å²) in [6.07, 6.45) is 2.83. The normalized spacial score (nSPS) is 12.2. The minimum Gasteiger partial charge on any atom is -0.354 e. The molecule has 7 nitrogen and oxygen atoms in total. The largest absolute Gasteiger partial charge is 0.354 e. The molecule has 0 spiro atoms. The first-order valence-electron chi connectivity index (χ1n) is 12.3. The summed E-state index contributed by atoms with van der Waals surface area (Å²) in [5.74, 6) is -0.362. The molecule has 0 fully saturated rings. The lowest BCUT2D eigenvalue weighted by Crippen LogP contribution is -2.49. The van der Waals surface area contributed by atoms with Gasteiger partial charge in [0.15, 0.2) is 0 Å². The monoisotopic (exact) mass is 535 g/mol. The van der Waals surface area contributed by atoms with Gasteiger partial charge in [-0.05, 0) is 56.4 Å². The molecule has 0 aliphatic carbocycles. The maximum absolute atomic E-state index is 13.5. The van der Waals surface area contributed by atoms with E-state index in [4.69, 9.17) is 11.6 Å². The van der Waals surface area contributed by atoms with E-state index < -0.39 is 16.1 Å². The summed E-state index contributed by atoms with van der Waals surface area (Å²) < 4.78 is 26.4. The molecule has 0 bridgehead atoms. The molecule has 1 atom stereocenters. The second-order valence-electron chi connectivity index (χ2n) is 9.10. The summed E-state index contributed by atoms with van der Waals surface area (Å²) >= 11 is 6.12. The van der Waals surface area contributed by atoms with Gasteiger partial charge in [-0.25, -0.2) is 8.42 Å². The van der Waals surface area contributed by atoms with Crippen LogP contribution in [0.2, 0.25) is 5.02 Å². The minimum atomic E-state index is -3.59. The summed E-state index contributed by atoms with van der Waals surface area (Å²) in [7, 11) is -3.59. The Morgan fingerprint density at radius 3 is 2.42 bits per heavy atom. The van der Waals surface area contributed by atoms with Gasteiger partial charge in [0, 0.05) is 31.1 Å². The van der Waals surface area contributed by atoms with Crippen molar-refractivity contribution in [3.05, 3.63) is 64.2 Å². The molecule has 9 heteroatoms. The fraction of sp³-hybridized carbons (Fsp3) is 0.481. The van der Waals surface area contributed by atoms with Gasteiger partial charge in [-0.15, -0.1) is 0 Å². The summed E-state index contributed by atoms with van der Waals surface area (Å²) in [4.78, 5) is 28.0. The van der Waals surface area contributed by atoms with Crippen molar-refractivity contribution in [1.82, 2.24) is 10.2 Å². The van der Waals surface area contributed by atoms with Crippen molar-refractivity contribution in [2.75, 3.05) is 23.7 Å². The lowest BCUT2D eigenvalue weighted by Gasteiger charge is -2.31. The van der Waals surface area contributed by atoms with Gasteiger partial charge in [0.1, 0.15) is 6.04 Å². The van der Waals surface area contributed by atoms with Crippen LogP contribution in [0.25, 0.3) is 0 Å². The zero-order valence-corrected chi connectivity index (χ0v) is 23.5. The number of nitrogens with one attached hydrogen (secondary N) is 1. The summed E-state index contributed by atoms with van der Waals surface area (Å²) in [6.45, 7) is 8.65. The van der Waals surface area contributed by atoms with Crippen LogP contribution >= 0.6 is 11.6 Å². The van der Waals surface area contributed by atoms with Gasteiger partial charge in [-0.1, -0.05) is 61.3 Å². The van der Waals surface area contributed by atoms with Crippen molar-refractivity contribution < 1.29 is 18.0 Å². The maximum atomic E-state index is 13.5. The lowest BCUT2D eigenvalue weighted by molar-refractivity contribution is -0.141. The number of amides is 2. The number of hydrogen-bond donors (Lipinski definition) is 1. The van der Waals surface area contributed by atoms with Crippen molar-refractivity contribution in [1.29, 1.82) is 0 Å². The minimum absolute atomic E-state index is 0.106. The summed E-state index contributed by atoms with van der Waals surface area (Å²) in [6, 6.07) is 12.4. The van der Waals surface area contributed by atoms with E-state index in [9.17, 15) is 18.0 Å². The SMILES string of the molecule is CCCNC(=O)C(CC)N(Cc1cccc(C)c1)C(=O)CCCN(c1cc(Cl)ccc1C)S(C)(=O)=O. The van der Waals surface area contributed by atoms with Gasteiger partial charge < -0.3 is 10.2 Å². The number of nitrogens with zero attached hydrogens (tertiary/aromatic N) is 2. The van der Waals surface area contributed by atoms with E-state index in [2.05, 4.69) is 5.32 Å². The van der Waals surface area contributed by atoms with Crippen LogP contribution in [0.15, 0.2) is 42.5 Å². The van der Waals surface area contributed by atoms with Crippen LogP contribution in [-0.2, 0) is 26.2 Å². The third kappa shape index (κ3) is 8.52. The highest BCUT2D eigenvalue weighted by molar-refractivity contribution is 7.92. The van der Waals surface area contributed by atoms with E-state index >= 15 is 0 Å². The molecule has 0 saturated heterocycles. The molecule has 0 aliphatic rings. The van der Waals surface area contributed by atoms with E-state index in [0.29, 0.717) is 36.6 Å². The zero-order valence-electron chi connectivity index (χ0n) is 21.9. The van der Waals surface area contributed by atoms with Crippen molar-refractivity contribution in [3.63, 3.8) is 0 Å². The van der Waals surface area contributed by atoms with Crippen LogP contribution in [0.3, 0.4) is 0 Å². The molecule has 0 aliphatic heterocycles. The molecule has 0 saturated carbocycles. The number of carbonyl (C=O) groups is 2. The van der Waals surface area contributed by atoms with Crippen LogP contribution in [0.4, 0.5) is 5.69 Å². The average molecular weight is 536 g/mol. The number of carbonyl (C=O) groups excluding carboxylic acids is 2. The predicted molar refractivity (Wildman–Crippen MR) is 147 cm³/mol. The Hall–Kier alpha value is -2.58. The number of sulfonamides is 1. The van der Waals surface area contributed by atoms with Gasteiger partial charge >= 0.3 is 0 Å². The molecule has 2 aromatic carbocycles. The second-order valence-corrected chi connectivity index (χ2v) is 11.4. The van der Waals surface area contributed by atoms with Crippen LogP contribution in [0.5, 0.6) is 0 Å². The first-order valence-corrected chi connectivity index (χ1v) is 14.6. The Bertz CT molecular complexity index is 1150. The highest BCUT2D eigenvalue weighted by Gasteiger charge is 2.29. The third-order valence-corrected chi connectivity index (χ3v) is 7.38. The number of anilines is 1. The molecule has 0 aromatic heterocycles. The highest BCUT2D eigenvalue weighted by atomic mass is 35.5. The fourth-order valence-electron chi connectivity index (χ4n) is 4.13. The van der Waals surface area contributed by atoms with Crippen LogP contribution in [0, 0.1) is 13.8 Å². The highest BCUT2D eigenvalue weighted by Crippen LogP contribution is 2.27. The van der Waals surface area contributed by atoms with Crippen LogP contribution in [0.1, 0.15) is 56.2 Å². The van der Waals surface area contributed by atoms with Crippen molar-refractivity contribution in [2.24, 2.45) is 0 Å². The van der Waals surface area contributed by atoms with E-state index in [0.717, 1.165) is 29.4 Å². The van der Waals surface area contributed by atoms with Crippen molar-refractivity contribution >= 4 is 39.1 Å². The maximum Gasteiger partial charge on any atom is 0.242 e. The van der Waals surface area contributed by atoms with E-state index in [-0.39, 0.29) is 24.8 Å². The number of halogens is 1. The molecule has 1 unspecified atom stereocenters. The molecule has 0 radical (unpaired) electrons. The van der Waals surface area contributed by atoms with E-state index in [1.54, 1.807) is 23.1 Å². The molecular weight excluding hydrogens is 498 g/mol. The molecule has 1 N–H and O–H groups in total. The Balaban J connectivity index is 2.24. The molecule has 198 valence electrons.